The van der Waals surface area contributed by atoms with Crippen LogP contribution in [0.5, 0.6) is 0 Å². The van der Waals surface area contributed by atoms with Gasteiger partial charge in [0, 0.05) is 31.0 Å². The predicted molar refractivity (Wildman–Crippen MR) is 124 cm³/mol. The number of nitrogens with one attached hydrogen (secondary N) is 4. The molecule has 3 rings (SSSR count). The second-order valence-electron chi connectivity index (χ2n) is 8.69. The van der Waals surface area contributed by atoms with E-state index in [1.54, 1.807) is 6.07 Å². The van der Waals surface area contributed by atoms with Gasteiger partial charge in [-0.05, 0) is 36.8 Å². The van der Waals surface area contributed by atoms with Crippen molar-refractivity contribution in [3.8, 4) is 0 Å². The molecule has 1 aliphatic heterocycles. The van der Waals surface area contributed by atoms with Crippen LogP contribution >= 0.6 is 0 Å². The Balaban J connectivity index is 1.67. The number of quaternary nitrogens is 2. The lowest BCUT2D eigenvalue weighted by Gasteiger charge is -2.33. The molecule has 2 aromatic carbocycles. The van der Waals surface area contributed by atoms with Crippen LogP contribution in [0.4, 0.5) is 11.4 Å². The van der Waals surface area contributed by atoms with E-state index in [1.807, 2.05) is 39.2 Å². The summed E-state index contributed by atoms with van der Waals surface area (Å²) in [6.07, 6.45) is 0. The minimum atomic E-state index is -0.634. The molecular formula is C24H35N5O2+2. The number of hydrogen-bond acceptors (Lipinski definition) is 3. The summed E-state index contributed by atoms with van der Waals surface area (Å²) in [5.74, 6) is -1.24. The normalized spacial score (nSPS) is 19.4. The molecule has 0 spiro atoms. The molecule has 7 heteroatoms. The Morgan fingerprint density at radius 2 is 1.68 bits per heavy atom. The van der Waals surface area contributed by atoms with Gasteiger partial charge in [-0.3, -0.25) is 9.59 Å². The van der Waals surface area contributed by atoms with Crippen molar-refractivity contribution in [3.05, 3.63) is 59.7 Å². The Morgan fingerprint density at radius 1 is 1.00 bits per heavy atom. The van der Waals surface area contributed by atoms with Crippen molar-refractivity contribution in [2.45, 2.75) is 13.0 Å². The number of aryl methyl sites for hydroxylation is 1. The molecule has 1 saturated heterocycles. The summed E-state index contributed by atoms with van der Waals surface area (Å²) >= 11 is 0. The topological polar surface area (TPSA) is 70.3 Å². The summed E-state index contributed by atoms with van der Waals surface area (Å²) < 4.78 is 0. The quantitative estimate of drug-likeness (QED) is 0.462. The van der Waals surface area contributed by atoms with Crippen LogP contribution in [0, 0.1) is 6.92 Å². The first-order valence-electron chi connectivity index (χ1n) is 10.9. The van der Waals surface area contributed by atoms with Gasteiger partial charge in [0.2, 0.25) is 0 Å². The lowest BCUT2D eigenvalue weighted by molar-refractivity contribution is -1.02. The van der Waals surface area contributed by atoms with E-state index >= 15 is 0 Å². The largest absolute Gasteiger partial charge is 0.378 e. The van der Waals surface area contributed by atoms with Crippen molar-refractivity contribution in [1.29, 1.82) is 0 Å². The van der Waals surface area contributed by atoms with E-state index in [-0.39, 0.29) is 6.04 Å². The van der Waals surface area contributed by atoms with Crippen LogP contribution in [0.25, 0.3) is 0 Å². The molecule has 0 aromatic heterocycles. The highest BCUT2D eigenvalue weighted by atomic mass is 16.2. The molecule has 1 aliphatic rings. The Bertz CT molecular complexity index is 889. The average molecular weight is 426 g/mol. The first-order valence-corrected chi connectivity index (χ1v) is 10.9. The Labute approximate surface area is 185 Å². The first-order chi connectivity index (χ1) is 14.8. The van der Waals surface area contributed by atoms with Crippen molar-refractivity contribution in [1.82, 2.24) is 5.32 Å². The van der Waals surface area contributed by atoms with E-state index in [2.05, 4.69) is 46.8 Å². The number of hydrogen-bond donors (Lipinski definition) is 4. The number of anilines is 2. The highest BCUT2D eigenvalue weighted by Gasteiger charge is 2.30. The van der Waals surface area contributed by atoms with E-state index in [1.165, 1.54) is 15.4 Å². The maximum absolute atomic E-state index is 12.5. The fourth-order valence-electron chi connectivity index (χ4n) is 4.03. The van der Waals surface area contributed by atoms with Gasteiger partial charge in [-0.1, -0.05) is 24.3 Å². The third-order valence-corrected chi connectivity index (χ3v) is 6.00. The van der Waals surface area contributed by atoms with Crippen molar-refractivity contribution < 1.29 is 19.4 Å². The van der Waals surface area contributed by atoms with E-state index in [9.17, 15) is 9.59 Å². The highest BCUT2D eigenvalue weighted by molar-refractivity contribution is 6.39. The lowest BCUT2D eigenvalue weighted by atomic mass is 10.0. The highest BCUT2D eigenvalue weighted by Crippen LogP contribution is 2.16. The third kappa shape index (κ3) is 6.29. The number of carbonyl (C=O) groups excluding carboxylic acids is 2. The molecule has 4 N–H and O–H groups in total. The van der Waals surface area contributed by atoms with Crippen LogP contribution in [-0.2, 0) is 9.59 Å². The summed E-state index contributed by atoms with van der Waals surface area (Å²) in [5.41, 5.74) is 3.98. The maximum atomic E-state index is 12.5. The molecule has 0 radical (unpaired) electrons. The SMILES string of the molecule is Cc1cccc(NC(=O)C(=O)NC[C@@H](c2ccc(N(C)C)cc2)[NH+]2CC[NH+](C)CC2)c1. The van der Waals surface area contributed by atoms with Gasteiger partial charge in [0.25, 0.3) is 0 Å². The van der Waals surface area contributed by atoms with Crippen LogP contribution in [0.2, 0.25) is 0 Å². The fraction of sp³-hybridized carbons (Fsp3) is 0.417. The molecule has 1 fully saturated rings. The summed E-state index contributed by atoms with van der Waals surface area (Å²) in [6.45, 7) is 6.65. The second-order valence-corrected chi connectivity index (χ2v) is 8.69. The van der Waals surface area contributed by atoms with Crippen molar-refractivity contribution in [2.24, 2.45) is 0 Å². The number of likely N-dealkylation sites (N-methyl/N-ethyl adjacent to an activating group) is 1. The number of piperazine rings is 1. The lowest BCUT2D eigenvalue weighted by Crippen LogP contribution is -3.27. The molecule has 1 heterocycles. The third-order valence-electron chi connectivity index (χ3n) is 6.00. The fourth-order valence-corrected chi connectivity index (χ4v) is 4.03. The number of rotatable bonds is 6. The molecule has 2 amide bonds. The molecule has 7 nitrogen and oxygen atoms in total. The number of amides is 2. The molecule has 0 unspecified atom stereocenters. The summed E-state index contributed by atoms with van der Waals surface area (Å²) in [7, 11) is 6.26. The number of nitrogens with zero attached hydrogens (tertiary/aromatic N) is 1. The Kier molecular flexibility index (Phi) is 7.65. The number of carbonyl (C=O) groups is 2. The molecule has 0 aliphatic carbocycles. The number of benzene rings is 2. The molecule has 0 bridgehead atoms. The van der Waals surface area contributed by atoms with Crippen LogP contribution < -0.4 is 25.3 Å². The van der Waals surface area contributed by atoms with Gasteiger partial charge in [0.15, 0.2) is 0 Å². The Hall–Kier alpha value is -2.90. The van der Waals surface area contributed by atoms with Crippen LogP contribution in [0.3, 0.4) is 0 Å². The summed E-state index contributed by atoms with van der Waals surface area (Å²) in [6, 6.07) is 16.0. The standard InChI is InChI=1S/C24H33N5O2/c1-18-6-5-7-20(16-18)26-24(31)23(30)25-17-22(29-14-12-28(4)13-15-29)19-8-10-21(11-9-19)27(2)3/h5-11,16,22H,12-15,17H2,1-4H3,(H,25,30)(H,26,31)/p+2/t22-/m0/s1. The van der Waals surface area contributed by atoms with E-state index in [4.69, 9.17) is 0 Å². The zero-order valence-corrected chi connectivity index (χ0v) is 19.0. The van der Waals surface area contributed by atoms with Crippen LogP contribution in [0.1, 0.15) is 17.2 Å². The monoisotopic (exact) mass is 425 g/mol. The van der Waals surface area contributed by atoms with E-state index in [0.717, 1.165) is 37.4 Å². The molecule has 166 valence electrons. The van der Waals surface area contributed by atoms with Gasteiger partial charge in [-0.2, -0.15) is 0 Å². The van der Waals surface area contributed by atoms with E-state index in [0.29, 0.717) is 12.2 Å². The van der Waals surface area contributed by atoms with Gasteiger partial charge >= 0.3 is 11.8 Å². The van der Waals surface area contributed by atoms with Gasteiger partial charge < -0.3 is 25.3 Å². The second kappa shape index (κ2) is 10.4. The van der Waals surface area contributed by atoms with Gasteiger partial charge in [-0.25, -0.2) is 0 Å². The molecule has 0 saturated carbocycles. The Morgan fingerprint density at radius 3 is 2.29 bits per heavy atom. The maximum Gasteiger partial charge on any atom is 0.313 e. The molecule has 1 atom stereocenters. The zero-order valence-electron chi connectivity index (χ0n) is 19.0. The van der Waals surface area contributed by atoms with Crippen molar-refractivity contribution >= 4 is 23.2 Å². The average Bonchev–Trinajstić information content (AvgIpc) is 2.75. The van der Waals surface area contributed by atoms with E-state index < -0.39 is 11.8 Å². The minimum absolute atomic E-state index is 0.111. The predicted octanol–water partition coefficient (Wildman–Crippen LogP) is -0.730. The molecule has 2 aromatic rings. The van der Waals surface area contributed by atoms with Crippen LogP contribution in [0.15, 0.2) is 48.5 Å². The van der Waals surface area contributed by atoms with Gasteiger partial charge in [0.1, 0.15) is 32.2 Å². The first kappa shape index (κ1) is 22.8. The molecule has 31 heavy (non-hydrogen) atoms. The summed E-state index contributed by atoms with van der Waals surface area (Å²) in [5, 5.41) is 5.56. The smallest absolute Gasteiger partial charge is 0.313 e. The zero-order chi connectivity index (χ0) is 22.4. The molecular weight excluding hydrogens is 390 g/mol. The summed E-state index contributed by atoms with van der Waals surface area (Å²) in [4.78, 5) is 29.9. The van der Waals surface area contributed by atoms with Crippen molar-refractivity contribution in [3.63, 3.8) is 0 Å². The van der Waals surface area contributed by atoms with Crippen LogP contribution in [-0.4, -0.2) is 65.7 Å². The van der Waals surface area contributed by atoms with Gasteiger partial charge in [0.05, 0.1) is 13.6 Å². The van der Waals surface area contributed by atoms with Gasteiger partial charge in [-0.15, -0.1) is 0 Å². The van der Waals surface area contributed by atoms with Crippen molar-refractivity contribution in [2.75, 3.05) is 64.1 Å². The minimum Gasteiger partial charge on any atom is -0.378 e.